The minimum Gasteiger partial charge on any atom is -0.491 e. The summed E-state index contributed by atoms with van der Waals surface area (Å²) in [5, 5.41) is 3.41. The van der Waals surface area contributed by atoms with Crippen LogP contribution in [0.1, 0.15) is 36.2 Å². The minimum absolute atomic E-state index is 0.144. The normalized spacial score (nSPS) is 14.4. The van der Waals surface area contributed by atoms with Gasteiger partial charge in [0.2, 0.25) is 0 Å². The van der Waals surface area contributed by atoms with E-state index in [2.05, 4.69) is 10.3 Å². The second kappa shape index (κ2) is 7.93. The third kappa shape index (κ3) is 4.17. The van der Waals surface area contributed by atoms with Crippen LogP contribution in [0, 0.1) is 0 Å². The topological polar surface area (TPSA) is 60.5 Å². The van der Waals surface area contributed by atoms with E-state index >= 15 is 0 Å². The van der Waals surface area contributed by atoms with Gasteiger partial charge in [0.25, 0.3) is 5.91 Å². The van der Waals surface area contributed by atoms with Gasteiger partial charge in [0.15, 0.2) is 11.5 Å². The maximum atomic E-state index is 12.5. The zero-order chi connectivity index (χ0) is 17.8. The van der Waals surface area contributed by atoms with Gasteiger partial charge in [-0.25, -0.2) is 4.98 Å². The number of carbonyl (C=O) groups excluding carboxylic acids is 1. The van der Waals surface area contributed by atoms with Crippen LogP contribution in [0.3, 0.4) is 0 Å². The SMILES string of the molecule is COc1cnc(C(=O)Nc2c(Cl)cccc2Cl)cc1OC1CCCC1. The van der Waals surface area contributed by atoms with Gasteiger partial charge < -0.3 is 14.8 Å². The number of halogens is 2. The maximum Gasteiger partial charge on any atom is 0.274 e. The maximum absolute atomic E-state index is 12.5. The highest BCUT2D eigenvalue weighted by atomic mass is 35.5. The van der Waals surface area contributed by atoms with Crippen molar-refractivity contribution in [1.82, 2.24) is 4.98 Å². The summed E-state index contributed by atoms with van der Waals surface area (Å²) in [5.74, 6) is 0.591. The molecule has 0 saturated heterocycles. The van der Waals surface area contributed by atoms with E-state index in [9.17, 15) is 4.79 Å². The number of pyridine rings is 1. The minimum atomic E-state index is -0.422. The molecule has 25 heavy (non-hydrogen) atoms. The summed E-state index contributed by atoms with van der Waals surface area (Å²) in [4.78, 5) is 16.7. The summed E-state index contributed by atoms with van der Waals surface area (Å²) in [6.07, 6.45) is 5.93. The zero-order valence-electron chi connectivity index (χ0n) is 13.7. The number of hydrogen-bond acceptors (Lipinski definition) is 4. The van der Waals surface area contributed by atoms with Crippen molar-refractivity contribution in [2.24, 2.45) is 0 Å². The lowest BCUT2D eigenvalue weighted by molar-refractivity contribution is 0.102. The fraction of sp³-hybridized carbons (Fsp3) is 0.333. The van der Waals surface area contributed by atoms with Gasteiger partial charge in [-0.2, -0.15) is 0 Å². The molecule has 1 saturated carbocycles. The molecule has 1 heterocycles. The number of rotatable bonds is 5. The summed E-state index contributed by atoms with van der Waals surface area (Å²) >= 11 is 12.2. The van der Waals surface area contributed by atoms with Gasteiger partial charge >= 0.3 is 0 Å². The molecule has 0 radical (unpaired) electrons. The average molecular weight is 381 g/mol. The number of hydrogen-bond donors (Lipinski definition) is 1. The molecule has 0 aliphatic heterocycles. The molecule has 1 aromatic heterocycles. The molecule has 0 spiro atoms. The van der Waals surface area contributed by atoms with Crippen LogP contribution in [0.4, 0.5) is 5.69 Å². The Bertz CT molecular complexity index is 757. The molecule has 1 fully saturated rings. The molecule has 0 unspecified atom stereocenters. The number of nitrogens with zero attached hydrogens (tertiary/aromatic N) is 1. The second-order valence-electron chi connectivity index (χ2n) is 5.80. The van der Waals surface area contributed by atoms with E-state index in [0.29, 0.717) is 27.2 Å². The average Bonchev–Trinajstić information content (AvgIpc) is 3.11. The highest BCUT2D eigenvalue weighted by molar-refractivity contribution is 6.40. The number of amides is 1. The first-order chi connectivity index (χ1) is 12.1. The Balaban J connectivity index is 1.82. The van der Waals surface area contributed by atoms with Gasteiger partial charge in [0.1, 0.15) is 5.69 Å². The van der Waals surface area contributed by atoms with Crippen LogP contribution >= 0.6 is 23.2 Å². The molecule has 1 aromatic carbocycles. The molecular weight excluding hydrogens is 363 g/mol. The monoisotopic (exact) mass is 380 g/mol. The van der Waals surface area contributed by atoms with Crippen molar-refractivity contribution in [2.75, 3.05) is 12.4 Å². The van der Waals surface area contributed by atoms with Crippen molar-refractivity contribution in [3.8, 4) is 11.5 Å². The van der Waals surface area contributed by atoms with Gasteiger partial charge in [-0.1, -0.05) is 29.3 Å². The molecule has 0 atom stereocenters. The quantitative estimate of drug-likeness (QED) is 0.794. The van der Waals surface area contributed by atoms with Crippen LogP contribution in [-0.4, -0.2) is 24.1 Å². The molecule has 1 aliphatic rings. The number of methoxy groups -OCH3 is 1. The summed E-state index contributed by atoms with van der Waals surface area (Å²) < 4.78 is 11.3. The molecule has 3 rings (SSSR count). The van der Waals surface area contributed by atoms with E-state index in [1.165, 1.54) is 6.20 Å². The summed E-state index contributed by atoms with van der Waals surface area (Å²) in [5.41, 5.74) is 0.552. The molecule has 0 bridgehead atoms. The Hall–Kier alpha value is -1.98. The van der Waals surface area contributed by atoms with Crippen LogP contribution in [0.2, 0.25) is 10.0 Å². The van der Waals surface area contributed by atoms with Crippen LogP contribution < -0.4 is 14.8 Å². The van der Waals surface area contributed by atoms with Crippen molar-refractivity contribution < 1.29 is 14.3 Å². The number of nitrogens with one attached hydrogen (secondary N) is 1. The Morgan fingerprint density at radius 2 is 1.88 bits per heavy atom. The van der Waals surface area contributed by atoms with Crippen molar-refractivity contribution in [3.63, 3.8) is 0 Å². The number of carbonyl (C=O) groups is 1. The first-order valence-corrected chi connectivity index (χ1v) is 8.80. The van der Waals surface area contributed by atoms with Crippen molar-refractivity contribution in [1.29, 1.82) is 0 Å². The third-order valence-electron chi connectivity index (χ3n) is 4.08. The van der Waals surface area contributed by atoms with Gasteiger partial charge in [0.05, 0.1) is 35.1 Å². The van der Waals surface area contributed by atoms with Crippen LogP contribution in [0.5, 0.6) is 11.5 Å². The second-order valence-corrected chi connectivity index (χ2v) is 6.61. The Morgan fingerprint density at radius 1 is 1.20 bits per heavy atom. The molecule has 1 aliphatic carbocycles. The van der Waals surface area contributed by atoms with Crippen molar-refractivity contribution in [3.05, 3.63) is 46.2 Å². The highest BCUT2D eigenvalue weighted by Crippen LogP contribution is 2.33. The standard InChI is InChI=1S/C18H18Cl2N2O3/c1-24-16-10-21-14(9-15(16)25-11-5-2-3-6-11)18(23)22-17-12(19)7-4-8-13(17)20/h4,7-11H,2-3,5-6H2,1H3,(H,22,23). The fourth-order valence-corrected chi connectivity index (χ4v) is 3.27. The molecule has 7 heteroatoms. The lowest BCUT2D eigenvalue weighted by Gasteiger charge is -2.16. The van der Waals surface area contributed by atoms with Crippen LogP contribution in [0.15, 0.2) is 30.5 Å². The van der Waals surface area contributed by atoms with E-state index in [4.69, 9.17) is 32.7 Å². The first kappa shape index (κ1) is 17.8. The van der Waals surface area contributed by atoms with Crippen LogP contribution in [-0.2, 0) is 0 Å². The fourth-order valence-electron chi connectivity index (χ4n) is 2.77. The van der Waals surface area contributed by atoms with Gasteiger partial charge in [-0.05, 0) is 37.8 Å². The predicted molar refractivity (Wildman–Crippen MR) is 98.1 cm³/mol. The first-order valence-electron chi connectivity index (χ1n) is 8.04. The van der Waals surface area contributed by atoms with Gasteiger partial charge in [-0.15, -0.1) is 0 Å². The van der Waals surface area contributed by atoms with Crippen molar-refractivity contribution >= 4 is 34.8 Å². The molecular formula is C18H18Cl2N2O3. The number of aromatic nitrogens is 1. The number of ether oxygens (including phenoxy) is 2. The Morgan fingerprint density at radius 3 is 2.52 bits per heavy atom. The third-order valence-corrected chi connectivity index (χ3v) is 4.71. The van der Waals surface area contributed by atoms with E-state index in [1.54, 1.807) is 31.4 Å². The van der Waals surface area contributed by atoms with E-state index in [0.717, 1.165) is 25.7 Å². The molecule has 2 aromatic rings. The van der Waals surface area contributed by atoms with Crippen LogP contribution in [0.25, 0.3) is 0 Å². The predicted octanol–water partition coefficient (Wildman–Crippen LogP) is 4.97. The Kier molecular flexibility index (Phi) is 5.66. The van der Waals surface area contributed by atoms with Gasteiger partial charge in [0, 0.05) is 6.07 Å². The van der Waals surface area contributed by atoms with E-state index in [1.807, 2.05) is 0 Å². The zero-order valence-corrected chi connectivity index (χ0v) is 15.2. The smallest absolute Gasteiger partial charge is 0.274 e. The molecule has 5 nitrogen and oxygen atoms in total. The summed E-state index contributed by atoms with van der Waals surface area (Å²) in [7, 11) is 1.54. The number of anilines is 1. The number of benzene rings is 1. The summed E-state index contributed by atoms with van der Waals surface area (Å²) in [6, 6.07) is 6.59. The van der Waals surface area contributed by atoms with E-state index in [-0.39, 0.29) is 11.8 Å². The highest BCUT2D eigenvalue weighted by Gasteiger charge is 2.21. The van der Waals surface area contributed by atoms with E-state index < -0.39 is 5.91 Å². The lowest BCUT2D eigenvalue weighted by Crippen LogP contribution is -2.16. The molecule has 132 valence electrons. The van der Waals surface area contributed by atoms with Crippen molar-refractivity contribution in [2.45, 2.75) is 31.8 Å². The van der Waals surface area contributed by atoms with Gasteiger partial charge in [-0.3, -0.25) is 4.79 Å². The molecule has 1 N–H and O–H groups in total. The number of para-hydroxylation sites is 1. The summed E-state index contributed by atoms with van der Waals surface area (Å²) in [6.45, 7) is 0. The lowest BCUT2D eigenvalue weighted by atomic mass is 10.2. The Labute approximate surface area is 156 Å². The largest absolute Gasteiger partial charge is 0.491 e. The molecule has 1 amide bonds.